The smallest absolute Gasteiger partial charge is 0.264 e. The van der Waals surface area contributed by atoms with E-state index in [9.17, 15) is 14.7 Å². The van der Waals surface area contributed by atoms with Gasteiger partial charge in [-0.15, -0.1) is 5.10 Å². The summed E-state index contributed by atoms with van der Waals surface area (Å²) in [5.41, 5.74) is 2.28. The van der Waals surface area contributed by atoms with Gasteiger partial charge in [-0.2, -0.15) is 0 Å². The van der Waals surface area contributed by atoms with Crippen molar-refractivity contribution >= 4 is 23.4 Å². The minimum absolute atomic E-state index is 0.170. The fourth-order valence-electron chi connectivity index (χ4n) is 5.42. The van der Waals surface area contributed by atoms with Crippen molar-refractivity contribution in [1.29, 1.82) is 0 Å². The van der Waals surface area contributed by atoms with Gasteiger partial charge in [0.15, 0.2) is 5.60 Å². The minimum atomic E-state index is -1.85. The van der Waals surface area contributed by atoms with E-state index in [0.29, 0.717) is 41.2 Å². The highest BCUT2D eigenvalue weighted by Crippen LogP contribution is 2.48. The molecule has 9 nitrogen and oxygen atoms in total. The topological polar surface area (TPSA) is 113 Å². The fraction of sp³-hybridized carbons (Fsp3) is 0.222. The van der Waals surface area contributed by atoms with Crippen molar-refractivity contribution < 1.29 is 14.7 Å². The fourth-order valence-corrected chi connectivity index (χ4v) is 5.62. The van der Waals surface area contributed by atoms with Gasteiger partial charge in [0.05, 0.1) is 5.69 Å². The van der Waals surface area contributed by atoms with Gasteiger partial charge in [0.2, 0.25) is 5.91 Å². The van der Waals surface area contributed by atoms with Crippen LogP contribution in [0.25, 0.3) is 16.8 Å². The number of halogens is 1. The summed E-state index contributed by atoms with van der Waals surface area (Å²) >= 11 is 6.20. The molecule has 1 atom stereocenters. The number of likely N-dealkylation sites (tertiary alicyclic amines) is 1. The first-order valence-electron chi connectivity index (χ1n) is 12.0. The van der Waals surface area contributed by atoms with Crippen LogP contribution >= 0.6 is 11.6 Å². The van der Waals surface area contributed by atoms with Crippen molar-refractivity contribution in [2.75, 3.05) is 6.54 Å². The third-order valence-electron chi connectivity index (χ3n) is 7.14. The van der Waals surface area contributed by atoms with E-state index in [2.05, 4.69) is 20.8 Å². The van der Waals surface area contributed by atoms with E-state index in [1.807, 2.05) is 36.4 Å². The highest BCUT2D eigenvalue weighted by atomic mass is 35.5. The quantitative estimate of drug-likeness (QED) is 0.423. The normalized spacial score (nSPS) is 17.4. The molecule has 2 amide bonds. The van der Waals surface area contributed by atoms with Gasteiger partial charge < -0.3 is 15.3 Å². The first-order chi connectivity index (χ1) is 18.0. The van der Waals surface area contributed by atoms with Crippen LogP contribution < -0.4 is 5.32 Å². The van der Waals surface area contributed by atoms with Gasteiger partial charge in [0.25, 0.3) is 5.91 Å². The molecule has 6 rings (SSSR count). The second-order valence-electron chi connectivity index (χ2n) is 9.20. The Balaban J connectivity index is 1.26. The van der Waals surface area contributed by atoms with Crippen LogP contribution in [0.4, 0.5) is 0 Å². The Morgan fingerprint density at radius 1 is 1.05 bits per heavy atom. The third-order valence-corrected chi connectivity index (χ3v) is 7.38. The van der Waals surface area contributed by atoms with Crippen molar-refractivity contribution in [2.45, 2.75) is 31.0 Å². The van der Waals surface area contributed by atoms with E-state index in [0.717, 1.165) is 16.7 Å². The Morgan fingerprint density at radius 2 is 1.76 bits per heavy atom. The van der Waals surface area contributed by atoms with Crippen LogP contribution in [-0.2, 0) is 21.7 Å². The van der Waals surface area contributed by atoms with Gasteiger partial charge in [-0.1, -0.05) is 60.1 Å². The van der Waals surface area contributed by atoms with Gasteiger partial charge >= 0.3 is 0 Å². The van der Waals surface area contributed by atoms with Crippen LogP contribution in [-0.4, -0.2) is 54.6 Å². The molecule has 1 aromatic heterocycles. The molecule has 186 valence electrons. The average molecular weight is 515 g/mol. The monoisotopic (exact) mass is 514 g/mol. The zero-order valence-corrected chi connectivity index (χ0v) is 20.5. The van der Waals surface area contributed by atoms with Crippen molar-refractivity contribution in [3.05, 3.63) is 94.8 Å². The van der Waals surface area contributed by atoms with Crippen LogP contribution in [0.5, 0.6) is 0 Å². The minimum Gasteiger partial charge on any atom is -0.372 e. The average Bonchev–Trinajstić information content (AvgIpc) is 3.68. The van der Waals surface area contributed by atoms with E-state index in [4.69, 9.17) is 11.6 Å². The summed E-state index contributed by atoms with van der Waals surface area (Å²) in [5.74, 6) is -0.781. The molecule has 2 aliphatic rings. The third kappa shape index (κ3) is 3.78. The molecule has 1 saturated heterocycles. The second kappa shape index (κ2) is 9.10. The van der Waals surface area contributed by atoms with Crippen molar-refractivity contribution in [3.8, 4) is 16.8 Å². The van der Waals surface area contributed by atoms with Gasteiger partial charge in [0.1, 0.15) is 12.4 Å². The largest absolute Gasteiger partial charge is 0.372 e. The molecule has 1 aliphatic heterocycles. The molecular weight excluding hydrogens is 492 g/mol. The number of rotatable bonds is 5. The molecule has 1 aliphatic carbocycles. The molecule has 4 aromatic rings. The molecule has 2 N–H and O–H groups in total. The molecule has 3 aromatic carbocycles. The number of benzene rings is 3. The highest BCUT2D eigenvalue weighted by Gasteiger charge is 2.52. The van der Waals surface area contributed by atoms with Crippen LogP contribution in [0.15, 0.2) is 73.1 Å². The number of nitrogens with zero attached hydrogens (tertiary/aromatic N) is 5. The zero-order chi connectivity index (χ0) is 25.6. The Bertz CT molecular complexity index is 1460. The molecule has 2 heterocycles. The summed E-state index contributed by atoms with van der Waals surface area (Å²) in [4.78, 5) is 28.9. The number of fused-ring (bicyclic) bond motifs is 3. The molecule has 0 spiro atoms. The van der Waals surface area contributed by atoms with Crippen LogP contribution in [0.2, 0.25) is 5.02 Å². The highest BCUT2D eigenvalue weighted by molar-refractivity contribution is 6.30. The maximum Gasteiger partial charge on any atom is 0.264 e. The maximum atomic E-state index is 14.0. The van der Waals surface area contributed by atoms with E-state index < -0.39 is 17.6 Å². The molecule has 1 unspecified atom stereocenters. The molecule has 10 heteroatoms. The van der Waals surface area contributed by atoms with Crippen LogP contribution in [0.1, 0.15) is 29.5 Å². The first-order valence-corrected chi connectivity index (χ1v) is 12.4. The molecule has 1 fully saturated rings. The van der Waals surface area contributed by atoms with Crippen LogP contribution in [0, 0.1) is 0 Å². The number of tetrazole rings is 1. The Kier molecular flexibility index (Phi) is 5.73. The summed E-state index contributed by atoms with van der Waals surface area (Å²) in [6.45, 7) is 0.555. The maximum absolute atomic E-state index is 14.0. The molecule has 0 radical (unpaired) electrons. The Hall–Kier alpha value is -4.08. The lowest BCUT2D eigenvalue weighted by atomic mass is 9.89. The number of hydrogen-bond donors (Lipinski definition) is 2. The number of carbonyl (C=O) groups excluding carboxylic acids is 2. The second-order valence-corrected chi connectivity index (χ2v) is 9.64. The number of nitrogens with one attached hydrogen (secondary N) is 1. The van der Waals surface area contributed by atoms with Gasteiger partial charge in [-0.3, -0.25) is 9.59 Å². The molecule has 0 saturated carbocycles. The number of carbonyl (C=O) groups is 2. The summed E-state index contributed by atoms with van der Waals surface area (Å²) in [6.07, 6.45) is 2.63. The standard InChI is InChI=1S/C27H23ClN6O3/c28-18-11-12-23(34-16-30-31-32-34)17(14-18)15-29-25(35)24-10-5-13-33(24)26(36)27(37)21-8-3-1-6-19(21)20-7-2-4-9-22(20)27/h1-4,6-9,11-12,14,16,24,37H,5,10,13,15H2,(H,29,35). The first kappa shape index (κ1) is 23.3. The predicted molar refractivity (Wildman–Crippen MR) is 136 cm³/mol. The lowest BCUT2D eigenvalue weighted by molar-refractivity contribution is -0.151. The summed E-state index contributed by atoms with van der Waals surface area (Å²) in [7, 11) is 0. The Morgan fingerprint density at radius 3 is 2.43 bits per heavy atom. The van der Waals surface area contributed by atoms with Crippen molar-refractivity contribution in [2.24, 2.45) is 0 Å². The van der Waals surface area contributed by atoms with Gasteiger partial charge in [0, 0.05) is 29.2 Å². The number of aliphatic hydroxyl groups is 1. The predicted octanol–water partition coefficient (Wildman–Crippen LogP) is 2.84. The summed E-state index contributed by atoms with van der Waals surface area (Å²) < 4.78 is 1.49. The SMILES string of the molecule is O=C(NCc1cc(Cl)ccc1-n1cnnn1)C1CCCN1C(=O)C1(O)c2ccccc2-c2ccccc21. The Labute approximate surface area is 217 Å². The lowest BCUT2D eigenvalue weighted by Crippen LogP contribution is -2.52. The van der Waals surface area contributed by atoms with Gasteiger partial charge in [-0.25, -0.2) is 4.68 Å². The number of hydrogen-bond acceptors (Lipinski definition) is 6. The molecule has 37 heavy (non-hydrogen) atoms. The van der Waals surface area contributed by atoms with Crippen LogP contribution in [0.3, 0.4) is 0 Å². The molecule has 0 bridgehead atoms. The van der Waals surface area contributed by atoms with E-state index in [1.54, 1.807) is 30.3 Å². The van der Waals surface area contributed by atoms with Crippen molar-refractivity contribution in [1.82, 2.24) is 30.4 Å². The van der Waals surface area contributed by atoms with Crippen molar-refractivity contribution in [3.63, 3.8) is 0 Å². The number of amides is 2. The zero-order valence-electron chi connectivity index (χ0n) is 19.7. The lowest BCUT2D eigenvalue weighted by Gasteiger charge is -2.32. The number of aromatic nitrogens is 4. The summed E-state index contributed by atoms with van der Waals surface area (Å²) in [5, 5.41) is 26.7. The van der Waals surface area contributed by atoms with E-state index in [-0.39, 0.29) is 12.5 Å². The van der Waals surface area contributed by atoms with E-state index >= 15 is 0 Å². The van der Waals surface area contributed by atoms with Gasteiger partial charge in [-0.05, 0) is 58.2 Å². The van der Waals surface area contributed by atoms with E-state index in [1.165, 1.54) is 15.9 Å². The summed E-state index contributed by atoms with van der Waals surface area (Å²) in [6, 6.07) is 19.3. The molecular formula is C27H23ClN6O3.